The van der Waals surface area contributed by atoms with E-state index < -0.39 is 83.4 Å². The van der Waals surface area contributed by atoms with Crippen molar-refractivity contribution in [3.05, 3.63) is 0 Å². The number of amides is 9. The van der Waals surface area contributed by atoms with Crippen LogP contribution in [0.2, 0.25) is 6.32 Å². The minimum atomic E-state index is -1.24. The molecule has 1 heterocycles. The minimum Gasteiger partial charge on any atom is -0.444 e. The Labute approximate surface area is 408 Å². The molecule has 1 aliphatic rings. The lowest BCUT2D eigenvalue weighted by Gasteiger charge is -2.28. The average molecular weight is 976 g/mol. The predicted octanol–water partition coefficient (Wildman–Crippen LogP) is -1.99. The number of unbranched alkanes of at least 4 members (excludes halogenated alkanes) is 4. The standard InChI is InChI=1S/C44H79B2N11O12/c1-8-24-48-35(58)21-22-36(59)49-25-14-10-19-34-42(65)56-32(17-9-13-23-45-68-28-47)40(63)53-29(2)37(60)54-31(20-12-16-27-51-46-67-7)39(62)52-30(3)38(61)55-33(41(64)57-34)18-11-15-26-50-43(66)69-44(4,5)6/h1,29-34,45-46,51H,9-28,47H2,2-7H3,(H,48,58)(H,49,59)(H,50,66)(H,52,62)(H,53,63)(H,54,60)(H,55,61)(H,56,65)(H,57,64)/t29-,30-,31+,32+,33+,34-/m1/s1. The van der Waals surface area contributed by atoms with Gasteiger partial charge in [-0.3, -0.25) is 38.4 Å². The van der Waals surface area contributed by atoms with Gasteiger partial charge in [-0.15, -0.1) is 6.42 Å². The molecule has 1 fully saturated rings. The van der Waals surface area contributed by atoms with Gasteiger partial charge in [-0.2, -0.15) is 0 Å². The number of carbonyl (C=O) groups is 9. The Morgan fingerprint density at radius 3 is 1.49 bits per heavy atom. The van der Waals surface area contributed by atoms with Crippen LogP contribution in [-0.2, 0) is 52.4 Å². The van der Waals surface area contributed by atoms with Gasteiger partial charge in [0, 0.05) is 33.0 Å². The molecule has 1 saturated heterocycles. The van der Waals surface area contributed by atoms with Crippen LogP contribution in [0.4, 0.5) is 4.79 Å². The topological polar surface area (TPSA) is 328 Å². The molecule has 0 unspecified atom stereocenters. The molecular formula is C44H79B2N11O12. The van der Waals surface area contributed by atoms with E-state index in [1.807, 2.05) is 0 Å². The first-order valence-corrected chi connectivity index (χ1v) is 24.0. The third-order valence-corrected chi connectivity index (χ3v) is 10.6. The summed E-state index contributed by atoms with van der Waals surface area (Å²) in [5.74, 6) is -2.59. The monoisotopic (exact) mass is 976 g/mol. The van der Waals surface area contributed by atoms with Gasteiger partial charge in [0.15, 0.2) is 0 Å². The highest BCUT2D eigenvalue weighted by atomic mass is 16.6. The molecule has 1 aliphatic heterocycles. The summed E-state index contributed by atoms with van der Waals surface area (Å²) in [6, 6.07) is -7.07. The second-order valence-corrected chi connectivity index (χ2v) is 17.8. The second-order valence-electron chi connectivity index (χ2n) is 17.8. The van der Waals surface area contributed by atoms with Crippen LogP contribution in [-0.4, -0.2) is 150 Å². The van der Waals surface area contributed by atoms with Gasteiger partial charge < -0.3 is 72.9 Å². The summed E-state index contributed by atoms with van der Waals surface area (Å²) in [4.78, 5) is 120. The summed E-state index contributed by atoms with van der Waals surface area (Å²) in [5.41, 5.74) is 4.72. The summed E-state index contributed by atoms with van der Waals surface area (Å²) in [6.45, 7) is 9.12. The number of rotatable bonds is 28. The van der Waals surface area contributed by atoms with Crippen LogP contribution in [0.15, 0.2) is 0 Å². The third kappa shape index (κ3) is 29.3. The summed E-state index contributed by atoms with van der Waals surface area (Å²) < 4.78 is 15.5. The largest absolute Gasteiger partial charge is 0.444 e. The Morgan fingerprint density at radius 1 is 0.623 bits per heavy atom. The maximum absolute atomic E-state index is 14.2. The molecule has 0 spiro atoms. The molecule has 69 heavy (non-hydrogen) atoms. The lowest BCUT2D eigenvalue weighted by atomic mass is 9.90. The molecular weight excluding hydrogens is 896 g/mol. The molecule has 0 saturated carbocycles. The van der Waals surface area contributed by atoms with E-state index in [2.05, 4.69) is 59.0 Å². The third-order valence-electron chi connectivity index (χ3n) is 10.6. The van der Waals surface area contributed by atoms with Gasteiger partial charge in [0.25, 0.3) is 7.48 Å². The van der Waals surface area contributed by atoms with Gasteiger partial charge >= 0.3 is 13.7 Å². The Kier molecular flexibility index (Phi) is 31.8. The number of terminal acetylenes is 1. The van der Waals surface area contributed by atoms with Crippen LogP contribution in [0.25, 0.3) is 0 Å². The molecule has 25 heteroatoms. The highest BCUT2D eigenvalue weighted by Crippen LogP contribution is 2.12. The normalized spacial score (nSPS) is 20.7. The number of nitrogens with two attached hydrogens (primary N) is 1. The highest BCUT2D eigenvalue weighted by molar-refractivity contribution is 6.26. The molecule has 0 aromatic heterocycles. The smallest absolute Gasteiger partial charge is 0.407 e. The fourth-order valence-electron chi connectivity index (χ4n) is 6.79. The quantitative estimate of drug-likeness (QED) is 0.0175. The van der Waals surface area contributed by atoms with E-state index in [0.717, 1.165) is 0 Å². The van der Waals surface area contributed by atoms with Gasteiger partial charge in [0.2, 0.25) is 47.3 Å². The van der Waals surface area contributed by atoms with Crippen LogP contribution < -0.4 is 58.8 Å². The predicted molar refractivity (Wildman–Crippen MR) is 261 cm³/mol. The van der Waals surface area contributed by atoms with E-state index in [0.29, 0.717) is 79.3 Å². The molecule has 6 atom stereocenters. The molecule has 12 N–H and O–H groups in total. The molecule has 0 radical (unpaired) electrons. The first kappa shape index (κ1) is 61.6. The number of hydrogen-bond donors (Lipinski definition) is 11. The van der Waals surface area contributed by atoms with Crippen LogP contribution in [0.3, 0.4) is 0 Å². The van der Waals surface area contributed by atoms with Crippen molar-refractivity contribution in [1.82, 2.24) is 53.1 Å². The number of alkyl carbamates (subject to hydrolysis) is 1. The van der Waals surface area contributed by atoms with Crippen molar-refractivity contribution in [2.75, 3.05) is 40.0 Å². The van der Waals surface area contributed by atoms with E-state index in [4.69, 9.17) is 26.2 Å². The minimum absolute atomic E-state index is 0.0439. The van der Waals surface area contributed by atoms with Crippen molar-refractivity contribution in [2.24, 2.45) is 5.73 Å². The maximum atomic E-state index is 14.2. The summed E-state index contributed by atoms with van der Waals surface area (Å²) in [5, 5.41) is 27.2. The van der Waals surface area contributed by atoms with Crippen molar-refractivity contribution < 1.29 is 57.2 Å². The van der Waals surface area contributed by atoms with E-state index in [-0.39, 0.29) is 76.7 Å². The number of carbonyl (C=O) groups excluding carboxylic acids is 9. The molecule has 0 aromatic carbocycles. The van der Waals surface area contributed by atoms with Gasteiger partial charge in [0.05, 0.1) is 13.3 Å². The number of hydrogen-bond acceptors (Lipinski definition) is 14. The van der Waals surface area contributed by atoms with Crippen molar-refractivity contribution in [2.45, 2.75) is 173 Å². The highest BCUT2D eigenvalue weighted by Gasteiger charge is 2.33. The number of ether oxygens (including phenoxy) is 1. The molecule has 0 aliphatic carbocycles. The van der Waals surface area contributed by atoms with Crippen molar-refractivity contribution in [3.8, 4) is 12.3 Å². The van der Waals surface area contributed by atoms with Crippen LogP contribution >= 0.6 is 0 Å². The maximum Gasteiger partial charge on any atom is 0.407 e. The fraction of sp³-hybridized carbons (Fsp3) is 0.750. The zero-order valence-corrected chi connectivity index (χ0v) is 41.6. The van der Waals surface area contributed by atoms with E-state index >= 15 is 0 Å². The Bertz CT molecular complexity index is 1680. The lowest BCUT2D eigenvalue weighted by molar-refractivity contribution is -0.136. The molecule has 0 bridgehead atoms. The van der Waals surface area contributed by atoms with Gasteiger partial charge in [-0.05, 0) is 105 Å². The Morgan fingerprint density at radius 2 is 1.04 bits per heavy atom. The summed E-state index contributed by atoms with van der Waals surface area (Å²) in [7, 11) is 2.27. The van der Waals surface area contributed by atoms with Gasteiger partial charge in [-0.1, -0.05) is 25.1 Å². The zero-order chi connectivity index (χ0) is 51.6. The second kappa shape index (κ2) is 35.6. The van der Waals surface area contributed by atoms with Gasteiger partial charge in [0.1, 0.15) is 41.9 Å². The molecule has 1 rings (SSSR count). The van der Waals surface area contributed by atoms with E-state index in [1.54, 1.807) is 27.9 Å². The summed E-state index contributed by atoms with van der Waals surface area (Å²) >= 11 is 0. The van der Waals surface area contributed by atoms with E-state index in [9.17, 15) is 43.2 Å². The van der Waals surface area contributed by atoms with Crippen molar-refractivity contribution >= 4 is 68.5 Å². The first-order chi connectivity index (χ1) is 32.8. The molecule has 0 aromatic rings. The lowest BCUT2D eigenvalue weighted by Crippen LogP contribution is -2.60. The molecule has 9 amide bonds. The molecule has 388 valence electrons. The van der Waals surface area contributed by atoms with Crippen LogP contribution in [0.5, 0.6) is 0 Å². The van der Waals surface area contributed by atoms with Crippen LogP contribution in [0.1, 0.15) is 125 Å². The van der Waals surface area contributed by atoms with Crippen LogP contribution in [0, 0.1) is 12.3 Å². The first-order valence-electron chi connectivity index (χ1n) is 24.0. The average Bonchev–Trinajstić information content (AvgIpc) is 3.29. The van der Waals surface area contributed by atoms with E-state index in [1.165, 1.54) is 13.8 Å². The molecule has 23 nitrogen and oxygen atoms in total. The Balaban J connectivity index is 3.50. The fourth-order valence-corrected chi connectivity index (χ4v) is 6.79. The zero-order valence-electron chi connectivity index (χ0n) is 41.6. The number of nitrogens with one attached hydrogen (secondary N) is 10. The SMILES string of the molecule is C#CCNC(=O)CCC(=O)NCCCC[C@H]1NC(=O)[C@H](CCCCNC(=O)OC(C)(C)C)NC(=O)[C@@H](C)NC(=O)[C@H](CCCCNBOC)NC(=O)[C@@H](C)NC(=O)[C@H](CCCCBOCN)NC1=O. The van der Waals surface area contributed by atoms with Crippen molar-refractivity contribution in [1.29, 1.82) is 0 Å². The van der Waals surface area contributed by atoms with Gasteiger partial charge in [-0.25, -0.2) is 4.79 Å². The Hall–Kier alpha value is -5.44. The van der Waals surface area contributed by atoms with Crippen molar-refractivity contribution in [3.63, 3.8) is 0 Å². The summed E-state index contributed by atoms with van der Waals surface area (Å²) in [6.07, 6.45) is 9.05.